The van der Waals surface area contributed by atoms with E-state index in [1.165, 1.54) is 0 Å². The minimum atomic E-state index is -3.39. The van der Waals surface area contributed by atoms with E-state index in [9.17, 15) is 9.13 Å². The van der Waals surface area contributed by atoms with Gasteiger partial charge >= 0.3 is 7.60 Å². The van der Waals surface area contributed by atoms with Gasteiger partial charge in [-0.3, -0.25) is 9.13 Å². The zero-order valence-corrected chi connectivity index (χ0v) is 15.5. The lowest BCUT2D eigenvalue weighted by molar-refractivity contribution is 0.144. The minimum absolute atomic E-state index is 0.160. The van der Waals surface area contributed by atoms with Crippen LogP contribution in [-0.2, 0) is 22.7 Å². The van der Waals surface area contributed by atoms with Crippen LogP contribution in [0.2, 0.25) is 0 Å². The van der Waals surface area contributed by atoms with Crippen LogP contribution in [0, 0.1) is 0 Å². The Bertz CT molecular complexity index is 318. The Labute approximate surface area is 123 Å². The monoisotopic (exact) mass is 412 g/mol. The summed E-state index contributed by atoms with van der Waals surface area (Å²) in [5, 5.41) is 0. The van der Waals surface area contributed by atoms with Gasteiger partial charge in [0.15, 0.2) is 0 Å². The van der Waals surface area contributed by atoms with Crippen molar-refractivity contribution in [3.8, 4) is 0 Å². The second-order valence-corrected chi connectivity index (χ2v) is 11.4. The highest BCUT2D eigenvalue weighted by molar-refractivity contribution is 14.1. The van der Waals surface area contributed by atoms with Gasteiger partial charge in [0.25, 0.3) is 0 Å². The van der Waals surface area contributed by atoms with Crippen LogP contribution in [0.1, 0.15) is 34.6 Å². The van der Waals surface area contributed by atoms with Crippen molar-refractivity contribution in [2.75, 3.05) is 16.7 Å². The van der Waals surface area contributed by atoms with Gasteiger partial charge in [0.2, 0.25) is 7.37 Å². The van der Waals surface area contributed by atoms with Gasteiger partial charge < -0.3 is 13.6 Å². The molecule has 0 bridgehead atoms. The Hall–Kier alpha value is 1.07. The fourth-order valence-corrected chi connectivity index (χ4v) is 9.03. The summed E-state index contributed by atoms with van der Waals surface area (Å²) in [4.78, 5) is 0. The first-order chi connectivity index (χ1) is 8.16. The van der Waals surface area contributed by atoms with Gasteiger partial charge in [-0.1, -0.05) is 22.6 Å². The summed E-state index contributed by atoms with van der Waals surface area (Å²) >= 11 is 1.98. The number of hydrogen-bond donors (Lipinski definition) is 0. The van der Waals surface area contributed by atoms with Gasteiger partial charge in [-0.25, -0.2) is 0 Å². The zero-order chi connectivity index (χ0) is 14.4. The molecule has 1 atom stereocenters. The van der Waals surface area contributed by atoms with E-state index in [1.54, 1.807) is 34.6 Å². The highest BCUT2D eigenvalue weighted by Crippen LogP contribution is 2.64. The van der Waals surface area contributed by atoms with Gasteiger partial charge in [-0.05, 0) is 34.6 Å². The van der Waals surface area contributed by atoms with E-state index in [0.717, 1.165) is 0 Å². The third-order valence-corrected chi connectivity index (χ3v) is 10.5. The first-order valence-corrected chi connectivity index (χ1v) is 11.2. The fraction of sp³-hybridized carbons (Fsp3) is 1.00. The van der Waals surface area contributed by atoms with Gasteiger partial charge in [0.1, 0.15) is 5.90 Å². The van der Waals surface area contributed by atoms with Crippen molar-refractivity contribution in [3.05, 3.63) is 0 Å². The SMILES string of the molecule is CCOP(=O)(CI)CP(=O)(OC(C)C)OC(C)C. The van der Waals surface area contributed by atoms with Crippen LogP contribution in [-0.4, -0.2) is 28.9 Å². The maximum atomic E-state index is 12.6. The Morgan fingerprint density at radius 1 is 1.06 bits per heavy atom. The lowest BCUT2D eigenvalue weighted by atomic mass is 10.5. The van der Waals surface area contributed by atoms with Crippen molar-refractivity contribution in [2.24, 2.45) is 0 Å². The van der Waals surface area contributed by atoms with Crippen LogP contribution in [0.25, 0.3) is 0 Å². The highest BCUT2D eigenvalue weighted by Gasteiger charge is 2.38. The third kappa shape index (κ3) is 7.61. The molecule has 0 aliphatic rings. The number of halogens is 1. The molecule has 0 amide bonds. The molecular weight excluding hydrogens is 389 g/mol. The van der Waals surface area contributed by atoms with Gasteiger partial charge in [-0.2, -0.15) is 0 Å². The summed E-state index contributed by atoms with van der Waals surface area (Å²) in [5.74, 6) is -0.160. The van der Waals surface area contributed by atoms with E-state index in [2.05, 4.69) is 0 Å². The molecule has 0 heterocycles. The molecule has 18 heavy (non-hydrogen) atoms. The van der Waals surface area contributed by atoms with E-state index >= 15 is 0 Å². The molecule has 8 heteroatoms. The van der Waals surface area contributed by atoms with Crippen LogP contribution in [0.3, 0.4) is 0 Å². The average molecular weight is 412 g/mol. The van der Waals surface area contributed by atoms with E-state index in [4.69, 9.17) is 13.6 Å². The molecule has 110 valence electrons. The first kappa shape index (κ1) is 19.1. The second kappa shape index (κ2) is 8.38. The molecule has 0 saturated heterocycles. The van der Waals surface area contributed by atoms with Gasteiger partial charge in [-0.15, -0.1) is 0 Å². The highest BCUT2D eigenvalue weighted by atomic mass is 127. The third-order valence-electron chi connectivity index (χ3n) is 1.68. The molecule has 0 aromatic heterocycles. The molecule has 0 aliphatic heterocycles. The molecule has 0 fully saturated rings. The fourth-order valence-electron chi connectivity index (χ4n) is 1.35. The van der Waals surface area contributed by atoms with E-state index in [-0.39, 0.29) is 18.1 Å². The average Bonchev–Trinajstić information content (AvgIpc) is 2.14. The Morgan fingerprint density at radius 2 is 1.50 bits per heavy atom. The molecule has 1 unspecified atom stereocenters. The quantitative estimate of drug-likeness (QED) is 0.312. The lowest BCUT2D eigenvalue weighted by Gasteiger charge is -2.25. The second-order valence-electron chi connectivity index (χ2n) is 4.41. The summed E-state index contributed by atoms with van der Waals surface area (Å²) in [6.45, 7) is 9.16. The number of alkyl halides is 1. The number of rotatable bonds is 9. The minimum Gasteiger partial charge on any atom is -0.328 e. The summed E-state index contributed by atoms with van der Waals surface area (Å²) in [5.41, 5.74) is 0. The normalized spacial score (nSPS) is 16.2. The maximum absolute atomic E-state index is 12.6. The summed E-state index contributed by atoms with van der Waals surface area (Å²) < 4.78 is 41.3. The summed E-state index contributed by atoms with van der Waals surface area (Å²) in [7, 11) is -6.35. The van der Waals surface area contributed by atoms with E-state index in [1.807, 2.05) is 22.6 Å². The van der Waals surface area contributed by atoms with Crippen LogP contribution in [0.4, 0.5) is 0 Å². The van der Waals surface area contributed by atoms with Crippen LogP contribution < -0.4 is 0 Å². The first-order valence-electron chi connectivity index (χ1n) is 5.91. The summed E-state index contributed by atoms with van der Waals surface area (Å²) in [6, 6.07) is 0. The predicted octanol–water partition coefficient (Wildman–Crippen LogP) is 4.69. The van der Waals surface area contributed by atoms with Crippen molar-refractivity contribution < 1.29 is 22.7 Å². The van der Waals surface area contributed by atoms with Crippen molar-refractivity contribution in [2.45, 2.75) is 46.8 Å². The van der Waals surface area contributed by atoms with Gasteiger partial charge in [0, 0.05) is 0 Å². The molecule has 0 saturated carbocycles. The molecule has 0 spiro atoms. The van der Waals surface area contributed by atoms with Crippen LogP contribution >= 0.6 is 37.6 Å². The predicted molar refractivity (Wildman–Crippen MR) is 83.0 cm³/mol. The molecule has 0 aromatic carbocycles. The van der Waals surface area contributed by atoms with Gasteiger partial charge in [0.05, 0.1) is 23.0 Å². The van der Waals surface area contributed by atoms with E-state index < -0.39 is 15.0 Å². The van der Waals surface area contributed by atoms with E-state index in [0.29, 0.717) is 10.8 Å². The molecular formula is C10H23IO5P2. The summed E-state index contributed by atoms with van der Waals surface area (Å²) in [6.07, 6.45) is -0.502. The topological polar surface area (TPSA) is 61.8 Å². The number of hydrogen-bond acceptors (Lipinski definition) is 5. The smallest absolute Gasteiger partial charge is 0.328 e. The van der Waals surface area contributed by atoms with Crippen molar-refractivity contribution >= 4 is 37.6 Å². The van der Waals surface area contributed by atoms with Crippen molar-refractivity contribution in [3.63, 3.8) is 0 Å². The standard InChI is InChI=1S/C10H23IO5P2/c1-6-14-17(12,7-11)8-18(13,15-9(2)3)16-10(4)5/h9-10H,6-8H2,1-5H3. The molecule has 0 aromatic rings. The Balaban J connectivity index is 4.98. The Kier molecular flexibility index (Phi) is 8.88. The van der Waals surface area contributed by atoms with Crippen molar-refractivity contribution in [1.82, 2.24) is 0 Å². The lowest BCUT2D eigenvalue weighted by Crippen LogP contribution is -2.11. The molecule has 0 rings (SSSR count). The molecule has 0 N–H and O–H groups in total. The van der Waals surface area contributed by atoms with Crippen LogP contribution in [0.15, 0.2) is 0 Å². The largest absolute Gasteiger partial charge is 0.340 e. The molecule has 0 aliphatic carbocycles. The zero-order valence-electron chi connectivity index (χ0n) is 11.6. The molecule has 0 radical (unpaired) electrons. The molecule has 5 nitrogen and oxygen atoms in total. The Morgan fingerprint density at radius 3 is 1.78 bits per heavy atom. The van der Waals surface area contributed by atoms with Crippen LogP contribution in [0.5, 0.6) is 0 Å². The maximum Gasteiger partial charge on any atom is 0.340 e. The van der Waals surface area contributed by atoms with Crippen molar-refractivity contribution in [1.29, 1.82) is 0 Å².